The maximum absolute atomic E-state index is 9.07. The minimum absolute atomic E-state index is 0.0826. The number of benzene rings is 1. The van der Waals surface area contributed by atoms with Crippen molar-refractivity contribution in [1.29, 1.82) is 0 Å². The molecule has 0 saturated carbocycles. The molecule has 17 heavy (non-hydrogen) atoms. The van der Waals surface area contributed by atoms with Gasteiger partial charge in [-0.25, -0.2) is 0 Å². The van der Waals surface area contributed by atoms with Crippen molar-refractivity contribution in [3.8, 4) is 5.75 Å². The van der Waals surface area contributed by atoms with Crippen molar-refractivity contribution in [3.63, 3.8) is 0 Å². The zero-order valence-corrected chi connectivity index (χ0v) is 10.8. The van der Waals surface area contributed by atoms with Gasteiger partial charge in [-0.15, -0.1) is 0 Å². The van der Waals surface area contributed by atoms with E-state index in [1.54, 1.807) is 13.2 Å². The van der Waals surface area contributed by atoms with Crippen LogP contribution in [0.25, 0.3) is 0 Å². The Morgan fingerprint density at radius 2 is 2.00 bits per heavy atom. The summed E-state index contributed by atoms with van der Waals surface area (Å²) < 4.78 is 5.07. The average Bonchev–Trinajstić information content (AvgIpc) is 2.33. The molecule has 4 nitrogen and oxygen atoms in total. The van der Waals surface area contributed by atoms with Crippen molar-refractivity contribution >= 4 is 11.6 Å². The van der Waals surface area contributed by atoms with Crippen molar-refractivity contribution in [2.75, 3.05) is 27.4 Å². The molecule has 0 aliphatic rings. The molecule has 0 fully saturated rings. The number of aliphatic hydroxyl groups excluding tert-OH is 2. The Bertz CT molecular complexity index is 356. The number of hydrogen-bond donors (Lipinski definition) is 2. The highest BCUT2D eigenvalue weighted by molar-refractivity contribution is 6.31. The summed E-state index contributed by atoms with van der Waals surface area (Å²) in [5, 5.41) is 18.8. The summed E-state index contributed by atoms with van der Waals surface area (Å²) >= 11 is 6.11. The zero-order chi connectivity index (χ0) is 12.8. The molecular formula is C12H18ClNO3. The Kier molecular flexibility index (Phi) is 5.71. The van der Waals surface area contributed by atoms with Gasteiger partial charge in [-0.3, -0.25) is 4.90 Å². The number of aliphatic hydroxyl groups is 2. The topological polar surface area (TPSA) is 52.9 Å². The van der Waals surface area contributed by atoms with Gasteiger partial charge in [-0.2, -0.15) is 0 Å². The largest absolute Gasteiger partial charge is 0.497 e. The summed E-state index contributed by atoms with van der Waals surface area (Å²) in [7, 11) is 3.42. The summed E-state index contributed by atoms with van der Waals surface area (Å²) in [6.07, 6.45) is 0. The second-order valence-electron chi connectivity index (χ2n) is 3.89. The third-order valence-corrected chi connectivity index (χ3v) is 3.08. The van der Waals surface area contributed by atoms with E-state index in [0.29, 0.717) is 17.3 Å². The van der Waals surface area contributed by atoms with Crippen LogP contribution < -0.4 is 4.74 Å². The highest BCUT2D eigenvalue weighted by atomic mass is 35.5. The molecule has 96 valence electrons. The van der Waals surface area contributed by atoms with Gasteiger partial charge in [0, 0.05) is 11.6 Å². The van der Waals surface area contributed by atoms with Crippen molar-refractivity contribution < 1.29 is 14.9 Å². The molecule has 0 aliphatic heterocycles. The minimum Gasteiger partial charge on any atom is -0.497 e. The molecule has 0 heterocycles. The second-order valence-corrected chi connectivity index (χ2v) is 4.30. The molecule has 0 saturated heterocycles. The van der Waals surface area contributed by atoms with Crippen LogP contribution in [0, 0.1) is 0 Å². The Morgan fingerprint density at radius 3 is 2.47 bits per heavy atom. The number of ether oxygens (including phenoxy) is 1. The van der Waals surface area contributed by atoms with E-state index in [9.17, 15) is 0 Å². The maximum atomic E-state index is 9.07. The lowest BCUT2D eigenvalue weighted by atomic mass is 10.2. The number of methoxy groups -OCH3 is 1. The first kappa shape index (κ1) is 14.3. The van der Waals surface area contributed by atoms with Gasteiger partial charge in [0.2, 0.25) is 0 Å². The first-order valence-electron chi connectivity index (χ1n) is 5.36. The fourth-order valence-electron chi connectivity index (χ4n) is 1.52. The molecule has 2 N–H and O–H groups in total. The monoisotopic (exact) mass is 259 g/mol. The molecule has 0 unspecified atom stereocenters. The lowest BCUT2D eigenvalue weighted by Crippen LogP contribution is -2.37. The molecule has 0 radical (unpaired) electrons. The molecule has 0 amide bonds. The van der Waals surface area contributed by atoms with Gasteiger partial charge in [0.25, 0.3) is 0 Å². The summed E-state index contributed by atoms with van der Waals surface area (Å²) in [6, 6.07) is 5.19. The number of rotatable bonds is 6. The number of nitrogens with zero attached hydrogens (tertiary/aromatic N) is 1. The average molecular weight is 260 g/mol. The first-order chi connectivity index (χ1) is 8.12. The molecule has 1 aromatic carbocycles. The summed E-state index contributed by atoms with van der Waals surface area (Å²) in [5.41, 5.74) is 0.932. The van der Waals surface area contributed by atoms with Crippen LogP contribution in [-0.2, 0) is 6.54 Å². The first-order valence-corrected chi connectivity index (χ1v) is 5.74. The van der Waals surface area contributed by atoms with Gasteiger partial charge in [0.15, 0.2) is 0 Å². The van der Waals surface area contributed by atoms with Gasteiger partial charge in [0.05, 0.1) is 26.4 Å². The van der Waals surface area contributed by atoms with Crippen LogP contribution in [0.5, 0.6) is 5.75 Å². The third-order valence-electron chi connectivity index (χ3n) is 2.72. The van der Waals surface area contributed by atoms with Crippen molar-refractivity contribution in [2.45, 2.75) is 12.6 Å². The van der Waals surface area contributed by atoms with E-state index in [-0.39, 0.29) is 19.3 Å². The van der Waals surface area contributed by atoms with Crippen molar-refractivity contribution in [2.24, 2.45) is 0 Å². The molecule has 1 rings (SSSR count). The Morgan fingerprint density at radius 1 is 1.35 bits per heavy atom. The van der Waals surface area contributed by atoms with Gasteiger partial charge >= 0.3 is 0 Å². The summed E-state index contributed by atoms with van der Waals surface area (Å²) in [4.78, 5) is 1.85. The van der Waals surface area contributed by atoms with Crippen molar-refractivity contribution in [1.82, 2.24) is 4.90 Å². The van der Waals surface area contributed by atoms with Crippen LogP contribution in [0.3, 0.4) is 0 Å². The van der Waals surface area contributed by atoms with E-state index in [1.807, 2.05) is 24.1 Å². The smallest absolute Gasteiger partial charge is 0.120 e. The highest BCUT2D eigenvalue weighted by Crippen LogP contribution is 2.23. The summed E-state index contributed by atoms with van der Waals surface area (Å²) in [5.74, 6) is 0.710. The molecule has 0 spiro atoms. The van der Waals surface area contributed by atoms with E-state index in [1.165, 1.54) is 0 Å². The Labute approximate surface area is 106 Å². The summed E-state index contributed by atoms with van der Waals surface area (Å²) in [6.45, 7) is 0.399. The number of hydrogen-bond acceptors (Lipinski definition) is 4. The third kappa shape index (κ3) is 3.85. The minimum atomic E-state index is -0.270. The number of halogens is 1. The molecule has 0 atom stereocenters. The molecule has 0 aromatic heterocycles. The van der Waals surface area contributed by atoms with Gasteiger partial charge in [0.1, 0.15) is 5.75 Å². The van der Waals surface area contributed by atoms with Crippen LogP contribution in [0.2, 0.25) is 5.02 Å². The predicted molar refractivity (Wildman–Crippen MR) is 67.4 cm³/mol. The van der Waals surface area contributed by atoms with Crippen LogP contribution in [0.15, 0.2) is 18.2 Å². The second kappa shape index (κ2) is 6.81. The predicted octanol–water partition coefficient (Wildman–Crippen LogP) is 1.13. The molecule has 1 aromatic rings. The van der Waals surface area contributed by atoms with Crippen LogP contribution in [0.4, 0.5) is 0 Å². The van der Waals surface area contributed by atoms with Crippen LogP contribution >= 0.6 is 11.6 Å². The Balaban J connectivity index is 2.74. The molecular weight excluding hydrogens is 242 g/mol. The Hall–Kier alpha value is -0.810. The zero-order valence-electron chi connectivity index (χ0n) is 10.1. The normalized spacial score (nSPS) is 11.2. The van der Waals surface area contributed by atoms with E-state index < -0.39 is 0 Å². The fraction of sp³-hybridized carbons (Fsp3) is 0.500. The van der Waals surface area contributed by atoms with Gasteiger partial charge < -0.3 is 14.9 Å². The van der Waals surface area contributed by atoms with Crippen molar-refractivity contribution in [3.05, 3.63) is 28.8 Å². The van der Waals surface area contributed by atoms with E-state index in [2.05, 4.69) is 0 Å². The molecule has 0 bridgehead atoms. The standard InChI is InChI=1S/C12H18ClNO3/c1-14(10(7-15)8-16)6-9-3-4-11(17-2)5-12(9)13/h3-5,10,15-16H,6-8H2,1-2H3. The quantitative estimate of drug-likeness (QED) is 0.804. The number of likely N-dealkylation sites (N-methyl/N-ethyl adjacent to an activating group) is 1. The SMILES string of the molecule is COc1ccc(CN(C)C(CO)CO)c(Cl)c1. The van der Waals surface area contributed by atoms with Crippen LogP contribution in [-0.4, -0.2) is 48.5 Å². The van der Waals surface area contributed by atoms with E-state index in [4.69, 9.17) is 26.6 Å². The lowest BCUT2D eigenvalue weighted by Gasteiger charge is -2.25. The lowest BCUT2D eigenvalue weighted by molar-refractivity contribution is 0.0874. The van der Waals surface area contributed by atoms with E-state index in [0.717, 1.165) is 5.56 Å². The molecule has 0 aliphatic carbocycles. The van der Waals surface area contributed by atoms with Gasteiger partial charge in [-0.05, 0) is 24.7 Å². The maximum Gasteiger partial charge on any atom is 0.120 e. The fourth-order valence-corrected chi connectivity index (χ4v) is 1.75. The molecule has 5 heteroatoms. The van der Waals surface area contributed by atoms with Gasteiger partial charge in [-0.1, -0.05) is 17.7 Å². The van der Waals surface area contributed by atoms with Crippen LogP contribution in [0.1, 0.15) is 5.56 Å². The van der Waals surface area contributed by atoms with E-state index >= 15 is 0 Å². The highest BCUT2D eigenvalue weighted by Gasteiger charge is 2.14.